The van der Waals surface area contributed by atoms with Crippen molar-refractivity contribution in [1.82, 2.24) is 9.78 Å². The normalized spacial score (nSPS) is 17.5. The molecule has 2 rings (SSSR count). The van der Waals surface area contributed by atoms with Gasteiger partial charge in [-0.05, 0) is 24.8 Å². The Kier molecular flexibility index (Phi) is 3.45. The van der Waals surface area contributed by atoms with Crippen LogP contribution in [0.4, 0.5) is 5.69 Å². The molecule has 0 unspecified atom stereocenters. The molecule has 0 aliphatic heterocycles. The molecular weight excluding hydrogens is 230 g/mol. The summed E-state index contributed by atoms with van der Waals surface area (Å²) in [7, 11) is 1.54. The number of methoxy groups -OCH3 is 1. The lowest BCUT2D eigenvalue weighted by atomic mass is 10.2. The summed E-state index contributed by atoms with van der Waals surface area (Å²) in [5.74, 6) is 0.847. The summed E-state index contributed by atoms with van der Waals surface area (Å²) in [5, 5.41) is 4.12. The molecule has 0 aromatic carbocycles. The lowest BCUT2D eigenvalue weighted by Crippen LogP contribution is -2.11. The van der Waals surface area contributed by atoms with Gasteiger partial charge in [0, 0.05) is 17.5 Å². The highest BCUT2D eigenvalue weighted by Crippen LogP contribution is 2.34. The molecule has 1 aliphatic rings. The van der Waals surface area contributed by atoms with E-state index in [0.717, 1.165) is 24.1 Å². The summed E-state index contributed by atoms with van der Waals surface area (Å²) in [6, 6.07) is 0. The lowest BCUT2D eigenvalue weighted by molar-refractivity contribution is 0.281. The summed E-state index contributed by atoms with van der Waals surface area (Å²) in [5.41, 5.74) is 19.7. The highest BCUT2D eigenvalue weighted by molar-refractivity contribution is 5.32. The maximum Gasteiger partial charge on any atom is 0.188 e. The van der Waals surface area contributed by atoms with Crippen LogP contribution in [0.2, 0.25) is 0 Å². The van der Waals surface area contributed by atoms with Gasteiger partial charge in [0.15, 0.2) is 5.88 Å². The van der Waals surface area contributed by atoms with Crippen LogP contribution in [0.1, 0.15) is 12.8 Å². The van der Waals surface area contributed by atoms with Crippen molar-refractivity contribution in [2.24, 2.45) is 17.4 Å². The topological polar surface area (TPSA) is 105 Å². The smallest absolute Gasteiger partial charge is 0.188 e. The first kappa shape index (κ1) is 12.3. The van der Waals surface area contributed by atoms with Gasteiger partial charge in [-0.2, -0.15) is 5.10 Å². The Labute approximate surface area is 106 Å². The molecule has 0 amide bonds. The second-order valence-corrected chi connectivity index (χ2v) is 4.48. The zero-order valence-electron chi connectivity index (χ0n) is 10.5. The number of rotatable bonds is 5. The summed E-state index contributed by atoms with van der Waals surface area (Å²) in [6.45, 7) is 0.490. The summed E-state index contributed by atoms with van der Waals surface area (Å²) < 4.78 is 6.78. The zero-order valence-corrected chi connectivity index (χ0v) is 10.5. The molecule has 0 atom stereocenters. The number of nitrogens with zero attached hydrogens (tertiary/aromatic N) is 2. The molecule has 18 heavy (non-hydrogen) atoms. The van der Waals surface area contributed by atoms with Gasteiger partial charge >= 0.3 is 0 Å². The number of hydrogen-bond donors (Lipinski definition) is 3. The first-order chi connectivity index (χ1) is 8.60. The van der Waals surface area contributed by atoms with Crippen LogP contribution < -0.4 is 17.2 Å². The number of allylic oxidation sites excluding steroid dienone is 3. The van der Waals surface area contributed by atoms with Gasteiger partial charge < -0.3 is 21.9 Å². The average Bonchev–Trinajstić information content (AvgIpc) is 3.12. The lowest BCUT2D eigenvalue weighted by Gasteiger charge is -2.09. The second kappa shape index (κ2) is 5.03. The summed E-state index contributed by atoms with van der Waals surface area (Å²) >= 11 is 0. The maximum absolute atomic E-state index is 5.99. The SMILES string of the molecule is CO/C(N)=C(/C=C(\N)C1CC1)Cn1cc(N)cn1. The first-order valence-electron chi connectivity index (χ1n) is 5.87. The molecule has 6 heteroatoms. The first-order valence-corrected chi connectivity index (χ1v) is 5.87. The fourth-order valence-electron chi connectivity index (χ4n) is 1.70. The molecule has 1 aromatic heterocycles. The van der Waals surface area contributed by atoms with E-state index in [4.69, 9.17) is 21.9 Å². The Morgan fingerprint density at radius 1 is 1.56 bits per heavy atom. The maximum atomic E-state index is 5.99. The van der Waals surface area contributed by atoms with Crippen molar-refractivity contribution in [2.75, 3.05) is 12.8 Å². The third-order valence-electron chi connectivity index (χ3n) is 2.91. The van der Waals surface area contributed by atoms with Crippen LogP contribution in [0.5, 0.6) is 0 Å². The third-order valence-corrected chi connectivity index (χ3v) is 2.91. The monoisotopic (exact) mass is 249 g/mol. The Balaban J connectivity index is 2.18. The van der Waals surface area contributed by atoms with E-state index in [0.29, 0.717) is 24.0 Å². The van der Waals surface area contributed by atoms with E-state index in [-0.39, 0.29) is 0 Å². The zero-order chi connectivity index (χ0) is 13.1. The van der Waals surface area contributed by atoms with E-state index >= 15 is 0 Å². The van der Waals surface area contributed by atoms with Crippen LogP contribution in [0.15, 0.2) is 35.6 Å². The molecule has 98 valence electrons. The van der Waals surface area contributed by atoms with Gasteiger partial charge in [0.2, 0.25) is 0 Å². The molecule has 0 bridgehead atoms. The Hall–Kier alpha value is -2.11. The minimum atomic E-state index is 0.354. The van der Waals surface area contributed by atoms with Crippen molar-refractivity contribution in [1.29, 1.82) is 0 Å². The molecule has 1 aromatic rings. The van der Waals surface area contributed by atoms with Crippen molar-refractivity contribution in [3.63, 3.8) is 0 Å². The summed E-state index contributed by atoms with van der Waals surface area (Å²) in [6.07, 6.45) is 7.52. The van der Waals surface area contributed by atoms with E-state index in [9.17, 15) is 0 Å². The largest absolute Gasteiger partial charge is 0.482 e. The number of hydrogen-bond acceptors (Lipinski definition) is 5. The molecule has 6 nitrogen and oxygen atoms in total. The Bertz CT molecular complexity index is 484. The van der Waals surface area contributed by atoms with Crippen LogP contribution in [0.3, 0.4) is 0 Å². The molecule has 1 fully saturated rings. The molecule has 1 heterocycles. The molecule has 1 saturated carbocycles. The number of anilines is 1. The van der Waals surface area contributed by atoms with Crippen LogP contribution in [0, 0.1) is 5.92 Å². The molecule has 0 radical (unpaired) electrons. The minimum Gasteiger partial charge on any atom is -0.482 e. The fraction of sp³-hybridized carbons (Fsp3) is 0.417. The predicted octanol–water partition coefficient (Wildman–Crippen LogP) is 0.535. The molecular formula is C12H19N5O. The molecule has 1 aliphatic carbocycles. The van der Waals surface area contributed by atoms with E-state index in [2.05, 4.69) is 5.10 Å². The third kappa shape index (κ3) is 2.97. The van der Waals surface area contributed by atoms with E-state index in [1.165, 1.54) is 7.11 Å². The highest BCUT2D eigenvalue weighted by atomic mass is 16.5. The van der Waals surface area contributed by atoms with Gasteiger partial charge in [0.05, 0.1) is 25.5 Å². The fourth-order valence-corrected chi connectivity index (χ4v) is 1.70. The predicted molar refractivity (Wildman–Crippen MR) is 69.9 cm³/mol. The Morgan fingerprint density at radius 2 is 2.28 bits per heavy atom. The van der Waals surface area contributed by atoms with Crippen LogP contribution in [-0.4, -0.2) is 16.9 Å². The van der Waals surface area contributed by atoms with Crippen molar-refractivity contribution in [3.8, 4) is 0 Å². The van der Waals surface area contributed by atoms with Gasteiger partial charge in [0.1, 0.15) is 0 Å². The molecule has 0 saturated heterocycles. The number of nitrogens with two attached hydrogens (primary N) is 3. The van der Waals surface area contributed by atoms with Crippen molar-refractivity contribution in [3.05, 3.63) is 35.6 Å². The molecule has 0 spiro atoms. The molecule has 6 N–H and O–H groups in total. The number of ether oxygens (including phenoxy) is 1. The standard InChI is InChI=1S/C12H19N5O/c1-18-12(15)9(4-11(14)8-2-3-8)6-17-7-10(13)5-16-17/h4-5,7-8H,2-3,6,13-15H2,1H3/b11-4-,12-9-. The van der Waals surface area contributed by atoms with Crippen molar-refractivity contribution < 1.29 is 4.74 Å². The summed E-state index contributed by atoms with van der Waals surface area (Å²) in [4.78, 5) is 0. The van der Waals surface area contributed by atoms with Gasteiger partial charge in [-0.15, -0.1) is 0 Å². The van der Waals surface area contributed by atoms with Crippen molar-refractivity contribution in [2.45, 2.75) is 19.4 Å². The van der Waals surface area contributed by atoms with Crippen LogP contribution in [-0.2, 0) is 11.3 Å². The highest BCUT2D eigenvalue weighted by Gasteiger charge is 2.24. The van der Waals surface area contributed by atoms with E-state index in [1.54, 1.807) is 17.1 Å². The number of nitrogen functional groups attached to an aromatic ring is 1. The van der Waals surface area contributed by atoms with Crippen LogP contribution in [0.25, 0.3) is 0 Å². The average molecular weight is 249 g/mol. The van der Waals surface area contributed by atoms with Gasteiger partial charge in [-0.25, -0.2) is 0 Å². The van der Waals surface area contributed by atoms with Gasteiger partial charge in [0.25, 0.3) is 0 Å². The van der Waals surface area contributed by atoms with Gasteiger partial charge in [-0.3, -0.25) is 4.68 Å². The van der Waals surface area contributed by atoms with E-state index in [1.807, 2.05) is 6.08 Å². The second-order valence-electron chi connectivity index (χ2n) is 4.48. The van der Waals surface area contributed by atoms with E-state index < -0.39 is 0 Å². The van der Waals surface area contributed by atoms with Crippen LogP contribution >= 0.6 is 0 Å². The van der Waals surface area contributed by atoms with Gasteiger partial charge in [-0.1, -0.05) is 0 Å². The Morgan fingerprint density at radius 3 is 2.78 bits per heavy atom. The number of aromatic nitrogens is 2. The minimum absolute atomic E-state index is 0.354. The quantitative estimate of drug-likeness (QED) is 0.521. The van der Waals surface area contributed by atoms with Crippen molar-refractivity contribution >= 4 is 5.69 Å².